The van der Waals surface area contributed by atoms with Crippen molar-refractivity contribution in [3.63, 3.8) is 0 Å². The molecule has 0 bridgehead atoms. The third-order valence-corrected chi connectivity index (χ3v) is 6.67. The molecule has 0 N–H and O–H groups in total. The number of nitrogens with zero attached hydrogens (tertiary/aromatic N) is 3. The molecule has 1 aliphatic heterocycles. The summed E-state index contributed by atoms with van der Waals surface area (Å²) in [5.74, 6) is 0.790. The molecular weight excluding hydrogens is 390 g/mol. The van der Waals surface area contributed by atoms with Gasteiger partial charge in [0.2, 0.25) is 15.9 Å². The molecule has 1 heterocycles. The van der Waals surface area contributed by atoms with Crippen LogP contribution in [0.4, 0.5) is 0 Å². The Hall–Kier alpha value is -2.89. The van der Waals surface area contributed by atoms with E-state index in [0.717, 1.165) is 5.75 Å². The second-order valence-corrected chi connectivity index (χ2v) is 8.62. The van der Waals surface area contributed by atoms with Crippen LogP contribution in [0.5, 0.6) is 5.75 Å². The van der Waals surface area contributed by atoms with Crippen LogP contribution in [0.2, 0.25) is 0 Å². The molecule has 2 aromatic carbocycles. The lowest BCUT2D eigenvalue weighted by atomic mass is 10.2. The molecule has 29 heavy (non-hydrogen) atoms. The number of para-hydroxylation sites is 1. The molecule has 0 unspecified atom stereocenters. The average molecular weight is 413 g/mol. The number of sulfonamides is 1. The van der Waals surface area contributed by atoms with Gasteiger partial charge in [-0.3, -0.25) is 4.79 Å². The monoisotopic (exact) mass is 413 g/mol. The van der Waals surface area contributed by atoms with Crippen molar-refractivity contribution in [2.24, 2.45) is 0 Å². The predicted molar refractivity (Wildman–Crippen MR) is 108 cm³/mol. The summed E-state index contributed by atoms with van der Waals surface area (Å²) in [6, 6.07) is 17.3. The van der Waals surface area contributed by atoms with Crippen LogP contribution in [0.1, 0.15) is 18.4 Å². The van der Waals surface area contributed by atoms with Crippen molar-refractivity contribution < 1.29 is 17.9 Å². The van der Waals surface area contributed by atoms with E-state index in [1.807, 2.05) is 36.4 Å². The number of ether oxygens (including phenoxy) is 1. The molecule has 2 aromatic rings. The number of carbonyl (C=O) groups excluding carboxylic acids is 1. The number of hydrogen-bond acceptors (Lipinski definition) is 5. The average Bonchev–Trinajstić information content (AvgIpc) is 2.77. The summed E-state index contributed by atoms with van der Waals surface area (Å²) in [6.07, 6.45) is 0.979. The second-order valence-electron chi connectivity index (χ2n) is 6.69. The SMILES string of the molecule is N#Cc1ccc(S(=O)(=O)N2CCN(C(=O)CCCOc3ccccc3)CC2)cc1. The Bertz CT molecular complexity index is 961. The lowest BCUT2D eigenvalue weighted by Crippen LogP contribution is -2.50. The van der Waals surface area contributed by atoms with E-state index in [9.17, 15) is 13.2 Å². The topological polar surface area (TPSA) is 90.7 Å². The molecule has 3 rings (SSSR count). The van der Waals surface area contributed by atoms with Crippen LogP contribution >= 0.6 is 0 Å². The summed E-state index contributed by atoms with van der Waals surface area (Å²) in [4.78, 5) is 14.2. The van der Waals surface area contributed by atoms with Crippen molar-refractivity contribution in [3.05, 3.63) is 60.2 Å². The van der Waals surface area contributed by atoms with Crippen LogP contribution in [0.25, 0.3) is 0 Å². The van der Waals surface area contributed by atoms with E-state index in [0.29, 0.717) is 38.1 Å². The van der Waals surface area contributed by atoms with E-state index in [1.165, 1.54) is 28.6 Å². The van der Waals surface area contributed by atoms with Gasteiger partial charge >= 0.3 is 0 Å². The number of benzene rings is 2. The highest BCUT2D eigenvalue weighted by atomic mass is 32.2. The number of nitriles is 1. The first-order chi connectivity index (χ1) is 14.0. The Balaban J connectivity index is 1.45. The van der Waals surface area contributed by atoms with Crippen molar-refractivity contribution in [1.29, 1.82) is 5.26 Å². The van der Waals surface area contributed by atoms with E-state index in [2.05, 4.69) is 0 Å². The van der Waals surface area contributed by atoms with E-state index in [-0.39, 0.29) is 23.9 Å². The normalized spacial score (nSPS) is 14.9. The fourth-order valence-corrected chi connectivity index (χ4v) is 4.54. The maximum atomic E-state index is 12.7. The minimum absolute atomic E-state index is 0.0112. The van der Waals surface area contributed by atoms with Crippen LogP contribution in [-0.4, -0.2) is 56.3 Å². The summed E-state index contributed by atoms with van der Waals surface area (Å²) in [6.45, 7) is 1.72. The minimum atomic E-state index is -3.62. The molecule has 0 aliphatic carbocycles. The van der Waals surface area contributed by atoms with E-state index in [1.54, 1.807) is 4.90 Å². The first-order valence-electron chi connectivity index (χ1n) is 9.46. The Morgan fingerprint density at radius 3 is 2.28 bits per heavy atom. The van der Waals surface area contributed by atoms with Crippen LogP contribution in [0, 0.1) is 11.3 Å². The smallest absolute Gasteiger partial charge is 0.243 e. The lowest BCUT2D eigenvalue weighted by molar-refractivity contribution is -0.132. The highest BCUT2D eigenvalue weighted by molar-refractivity contribution is 7.89. The zero-order valence-electron chi connectivity index (χ0n) is 16.0. The number of carbonyl (C=O) groups is 1. The minimum Gasteiger partial charge on any atom is -0.494 e. The molecule has 152 valence electrons. The third-order valence-electron chi connectivity index (χ3n) is 4.76. The molecule has 0 saturated carbocycles. The Labute approximate surface area is 171 Å². The number of piperazine rings is 1. The van der Waals surface area contributed by atoms with Crippen molar-refractivity contribution in [3.8, 4) is 11.8 Å². The van der Waals surface area contributed by atoms with Gasteiger partial charge < -0.3 is 9.64 Å². The van der Waals surface area contributed by atoms with Gasteiger partial charge in [-0.25, -0.2) is 8.42 Å². The van der Waals surface area contributed by atoms with Gasteiger partial charge in [-0.2, -0.15) is 9.57 Å². The number of hydrogen-bond donors (Lipinski definition) is 0. The van der Waals surface area contributed by atoms with Gasteiger partial charge in [-0.1, -0.05) is 18.2 Å². The summed E-state index contributed by atoms with van der Waals surface area (Å²) >= 11 is 0. The molecule has 1 saturated heterocycles. The first-order valence-corrected chi connectivity index (χ1v) is 10.9. The van der Waals surface area contributed by atoms with E-state index < -0.39 is 10.0 Å². The summed E-state index contributed by atoms with van der Waals surface area (Å²) < 4.78 is 32.4. The molecule has 0 atom stereocenters. The molecule has 0 spiro atoms. The summed E-state index contributed by atoms with van der Waals surface area (Å²) in [7, 11) is -3.62. The summed E-state index contributed by atoms with van der Waals surface area (Å²) in [5.41, 5.74) is 0.413. The molecule has 0 aromatic heterocycles. The van der Waals surface area contributed by atoms with Crippen molar-refractivity contribution in [2.45, 2.75) is 17.7 Å². The second kappa shape index (κ2) is 9.54. The van der Waals surface area contributed by atoms with Crippen LogP contribution in [0.15, 0.2) is 59.5 Å². The molecule has 1 amide bonds. The molecule has 0 radical (unpaired) electrons. The third kappa shape index (κ3) is 5.34. The van der Waals surface area contributed by atoms with Gasteiger partial charge in [0.05, 0.1) is 23.1 Å². The van der Waals surface area contributed by atoms with Crippen molar-refractivity contribution in [2.75, 3.05) is 32.8 Å². The fraction of sp³-hybridized carbons (Fsp3) is 0.333. The Morgan fingerprint density at radius 2 is 1.66 bits per heavy atom. The van der Waals surface area contributed by atoms with E-state index in [4.69, 9.17) is 10.00 Å². The Morgan fingerprint density at radius 1 is 1.00 bits per heavy atom. The van der Waals surface area contributed by atoms with Gasteiger partial charge in [0, 0.05) is 32.6 Å². The molecule has 1 aliphatic rings. The van der Waals surface area contributed by atoms with Gasteiger partial charge in [0.1, 0.15) is 5.75 Å². The fourth-order valence-electron chi connectivity index (χ4n) is 3.12. The lowest BCUT2D eigenvalue weighted by Gasteiger charge is -2.34. The highest BCUT2D eigenvalue weighted by Gasteiger charge is 2.29. The highest BCUT2D eigenvalue weighted by Crippen LogP contribution is 2.18. The van der Waals surface area contributed by atoms with E-state index >= 15 is 0 Å². The molecule has 7 nitrogen and oxygen atoms in total. The Kier molecular flexibility index (Phi) is 6.86. The first kappa shape index (κ1) is 20.8. The number of amides is 1. The van der Waals surface area contributed by atoms with Gasteiger partial charge in [0.15, 0.2) is 0 Å². The van der Waals surface area contributed by atoms with Crippen LogP contribution < -0.4 is 4.74 Å². The van der Waals surface area contributed by atoms with Crippen molar-refractivity contribution in [1.82, 2.24) is 9.21 Å². The molecular formula is C21H23N3O4S. The van der Waals surface area contributed by atoms with Gasteiger partial charge in [-0.15, -0.1) is 0 Å². The zero-order chi connectivity index (χ0) is 20.7. The van der Waals surface area contributed by atoms with Gasteiger partial charge in [-0.05, 0) is 42.8 Å². The van der Waals surface area contributed by atoms with Crippen molar-refractivity contribution >= 4 is 15.9 Å². The molecule has 1 fully saturated rings. The molecule has 8 heteroatoms. The predicted octanol–water partition coefficient (Wildman–Crippen LogP) is 2.25. The summed E-state index contributed by atoms with van der Waals surface area (Å²) in [5, 5.41) is 8.84. The van der Waals surface area contributed by atoms with Crippen LogP contribution in [0.3, 0.4) is 0 Å². The quantitative estimate of drug-likeness (QED) is 0.650. The van der Waals surface area contributed by atoms with Crippen LogP contribution in [-0.2, 0) is 14.8 Å². The van der Waals surface area contributed by atoms with Gasteiger partial charge in [0.25, 0.3) is 0 Å². The maximum absolute atomic E-state index is 12.7. The standard InChI is InChI=1S/C21H23N3O4S/c22-17-18-8-10-20(11-9-18)29(26,27)24-14-12-23(13-15-24)21(25)7-4-16-28-19-5-2-1-3-6-19/h1-3,5-6,8-11H,4,7,12-16H2. The largest absolute Gasteiger partial charge is 0.494 e. The maximum Gasteiger partial charge on any atom is 0.243 e. The number of rotatable bonds is 7. The zero-order valence-corrected chi connectivity index (χ0v) is 16.8.